The molecule has 3 rings (SSSR count). The summed E-state index contributed by atoms with van der Waals surface area (Å²) in [6, 6.07) is 13.6. The predicted octanol–water partition coefficient (Wildman–Crippen LogP) is 5.40. The maximum absolute atomic E-state index is 13.0. The fraction of sp³-hybridized carbons (Fsp3) is 0.231. The summed E-state index contributed by atoms with van der Waals surface area (Å²) < 4.78 is 7.96. The highest BCUT2D eigenvalue weighted by Crippen LogP contribution is 2.36. The molecule has 0 fully saturated rings. The monoisotopic (exact) mass is 492 g/mol. The molecule has 0 saturated carbocycles. The van der Waals surface area contributed by atoms with E-state index in [9.17, 15) is 14.4 Å². The molecule has 35 heavy (non-hydrogen) atoms. The Hall–Kier alpha value is -3.85. The molecular weight excluding hydrogens is 464 g/mol. The number of nitrogens with zero attached hydrogens (tertiary/aromatic N) is 1. The van der Waals surface area contributed by atoms with Crippen LogP contribution in [0.1, 0.15) is 59.4 Å². The second kappa shape index (κ2) is 11.5. The average Bonchev–Trinajstić information content (AvgIpc) is 2.86. The van der Waals surface area contributed by atoms with Gasteiger partial charge in [-0.05, 0) is 47.2 Å². The fourth-order valence-corrected chi connectivity index (χ4v) is 4.27. The highest BCUT2D eigenvalue weighted by molar-refractivity contribution is 7.98. The SMILES string of the molecule is CCC(=O)c1ccc(C(N)=O)c(SNC(=O)Nc2c(-c3ccnc(OC)c3)cccc2C(C)C)c1. The summed E-state index contributed by atoms with van der Waals surface area (Å²) in [6.07, 6.45) is 1.97. The molecule has 0 aliphatic carbocycles. The quantitative estimate of drug-likeness (QED) is 0.271. The number of ether oxygens (including phenoxy) is 1. The van der Waals surface area contributed by atoms with Crippen molar-refractivity contribution >= 4 is 35.4 Å². The maximum atomic E-state index is 13.0. The molecule has 0 aliphatic heterocycles. The Labute approximate surface area is 208 Å². The van der Waals surface area contributed by atoms with Gasteiger partial charge in [0.05, 0.1) is 18.4 Å². The van der Waals surface area contributed by atoms with Crippen molar-refractivity contribution in [1.82, 2.24) is 9.71 Å². The van der Waals surface area contributed by atoms with Crippen LogP contribution in [0.3, 0.4) is 0 Å². The summed E-state index contributed by atoms with van der Waals surface area (Å²) in [4.78, 5) is 41.5. The molecule has 2 aromatic carbocycles. The summed E-state index contributed by atoms with van der Waals surface area (Å²) in [6.45, 7) is 5.84. The van der Waals surface area contributed by atoms with Crippen molar-refractivity contribution < 1.29 is 19.1 Å². The molecule has 3 aromatic rings. The van der Waals surface area contributed by atoms with Gasteiger partial charge in [-0.1, -0.05) is 45.0 Å². The van der Waals surface area contributed by atoms with Gasteiger partial charge in [0.25, 0.3) is 0 Å². The number of methoxy groups -OCH3 is 1. The van der Waals surface area contributed by atoms with Crippen LogP contribution in [0.4, 0.5) is 10.5 Å². The number of pyridine rings is 1. The van der Waals surface area contributed by atoms with Gasteiger partial charge in [0.2, 0.25) is 11.8 Å². The summed E-state index contributed by atoms with van der Waals surface area (Å²) >= 11 is 0.922. The minimum atomic E-state index is -0.649. The lowest BCUT2D eigenvalue weighted by Crippen LogP contribution is -2.24. The van der Waals surface area contributed by atoms with Crippen molar-refractivity contribution in [3.05, 3.63) is 71.4 Å². The number of benzene rings is 2. The van der Waals surface area contributed by atoms with E-state index in [2.05, 4.69) is 15.0 Å². The van der Waals surface area contributed by atoms with Gasteiger partial charge >= 0.3 is 6.03 Å². The van der Waals surface area contributed by atoms with Gasteiger partial charge in [-0.25, -0.2) is 9.78 Å². The molecule has 9 heteroatoms. The number of hydrogen-bond donors (Lipinski definition) is 3. The molecule has 1 heterocycles. The van der Waals surface area contributed by atoms with E-state index in [1.807, 2.05) is 38.1 Å². The zero-order valence-corrected chi connectivity index (χ0v) is 20.9. The van der Waals surface area contributed by atoms with Gasteiger partial charge in [-0.15, -0.1) is 0 Å². The fourth-order valence-electron chi connectivity index (χ4n) is 3.55. The number of urea groups is 1. The normalized spacial score (nSPS) is 10.7. The van der Waals surface area contributed by atoms with Crippen LogP contribution in [0.2, 0.25) is 0 Å². The van der Waals surface area contributed by atoms with Gasteiger partial charge in [0, 0.05) is 34.7 Å². The third kappa shape index (κ3) is 6.19. The van der Waals surface area contributed by atoms with Gasteiger partial charge < -0.3 is 15.8 Å². The second-order valence-corrected chi connectivity index (χ2v) is 8.87. The van der Waals surface area contributed by atoms with Crippen LogP contribution in [-0.2, 0) is 0 Å². The third-order valence-corrected chi connectivity index (χ3v) is 6.20. The lowest BCUT2D eigenvalue weighted by Gasteiger charge is -2.19. The van der Waals surface area contributed by atoms with Gasteiger partial charge in [-0.2, -0.15) is 0 Å². The zero-order chi connectivity index (χ0) is 25.5. The smallest absolute Gasteiger partial charge is 0.329 e. The van der Waals surface area contributed by atoms with Crippen LogP contribution >= 0.6 is 11.9 Å². The number of carbonyl (C=O) groups excluding carboxylic acids is 3. The first-order valence-electron chi connectivity index (χ1n) is 11.1. The van der Waals surface area contributed by atoms with Crippen LogP contribution in [-0.4, -0.2) is 29.8 Å². The lowest BCUT2D eigenvalue weighted by atomic mass is 9.94. The number of carbonyl (C=O) groups is 3. The summed E-state index contributed by atoms with van der Waals surface area (Å²) in [5.74, 6) is -0.122. The molecule has 8 nitrogen and oxygen atoms in total. The summed E-state index contributed by atoms with van der Waals surface area (Å²) in [7, 11) is 1.55. The first-order valence-corrected chi connectivity index (χ1v) is 11.9. The van der Waals surface area contributed by atoms with Gasteiger partial charge in [0.1, 0.15) is 0 Å². The van der Waals surface area contributed by atoms with Crippen LogP contribution in [0.25, 0.3) is 11.1 Å². The Balaban J connectivity index is 1.89. The first-order chi connectivity index (χ1) is 16.7. The Kier molecular flexibility index (Phi) is 8.48. The Bertz CT molecular complexity index is 1260. The predicted molar refractivity (Wildman–Crippen MR) is 138 cm³/mol. The zero-order valence-electron chi connectivity index (χ0n) is 20.0. The van der Waals surface area contributed by atoms with Crippen molar-refractivity contribution in [2.45, 2.75) is 38.0 Å². The standard InChI is InChI=1S/C26H28N4O4S/c1-5-21(31)17-9-10-20(25(27)32)22(13-17)35-30-26(33)29-24-18(15(2)3)7-6-8-19(24)16-11-12-28-23(14-16)34-4/h6-15H,5H2,1-4H3,(H2,27,32)(H2,29,30,33). The molecule has 0 unspecified atom stereocenters. The van der Waals surface area contributed by atoms with E-state index in [0.29, 0.717) is 28.4 Å². The largest absolute Gasteiger partial charge is 0.481 e. The van der Waals surface area contributed by atoms with Crippen molar-refractivity contribution in [3.8, 4) is 17.0 Å². The Morgan fingerprint density at radius 1 is 1.11 bits per heavy atom. The molecule has 0 spiro atoms. The van der Waals surface area contributed by atoms with E-state index in [0.717, 1.165) is 28.6 Å². The molecule has 0 radical (unpaired) electrons. The molecule has 1 aromatic heterocycles. The molecule has 182 valence electrons. The number of nitrogens with two attached hydrogens (primary N) is 1. The van der Waals surface area contributed by atoms with E-state index in [1.165, 1.54) is 6.07 Å². The van der Waals surface area contributed by atoms with Crippen LogP contribution in [0.15, 0.2) is 59.6 Å². The minimum absolute atomic E-state index is 0.0735. The third-order valence-electron chi connectivity index (χ3n) is 5.36. The lowest BCUT2D eigenvalue weighted by molar-refractivity contribution is 0.0979. The molecule has 3 amide bonds. The van der Waals surface area contributed by atoms with Crippen molar-refractivity contribution in [2.24, 2.45) is 5.73 Å². The number of aromatic nitrogens is 1. The molecule has 0 saturated heterocycles. The molecular formula is C26H28N4O4S. The number of hydrogen-bond acceptors (Lipinski definition) is 6. The Morgan fingerprint density at radius 2 is 1.89 bits per heavy atom. The van der Waals surface area contributed by atoms with Crippen LogP contribution in [0.5, 0.6) is 5.88 Å². The number of nitrogens with one attached hydrogen (secondary N) is 2. The van der Waals surface area contributed by atoms with Crippen LogP contribution in [0, 0.1) is 0 Å². The van der Waals surface area contributed by atoms with E-state index in [-0.39, 0.29) is 17.3 Å². The number of para-hydroxylation sites is 1. The van der Waals surface area contributed by atoms with Crippen molar-refractivity contribution in [2.75, 3.05) is 12.4 Å². The van der Waals surface area contributed by atoms with Crippen LogP contribution < -0.4 is 20.5 Å². The number of Topliss-reactive ketones (excluding diaryl/α,β-unsaturated/α-hetero) is 1. The topological polar surface area (TPSA) is 123 Å². The number of rotatable bonds is 9. The van der Waals surface area contributed by atoms with Gasteiger partial charge in [-0.3, -0.25) is 14.3 Å². The Morgan fingerprint density at radius 3 is 2.54 bits per heavy atom. The average molecular weight is 493 g/mol. The molecule has 0 aliphatic rings. The van der Waals surface area contributed by atoms with Crippen molar-refractivity contribution in [3.63, 3.8) is 0 Å². The second-order valence-electron chi connectivity index (χ2n) is 8.02. The number of ketones is 1. The molecule has 0 atom stereocenters. The maximum Gasteiger partial charge on any atom is 0.329 e. The summed E-state index contributed by atoms with van der Waals surface area (Å²) in [5, 5.41) is 2.95. The van der Waals surface area contributed by atoms with Gasteiger partial charge in [0.15, 0.2) is 5.78 Å². The van der Waals surface area contributed by atoms with E-state index in [4.69, 9.17) is 10.5 Å². The summed E-state index contributed by atoms with van der Waals surface area (Å²) in [5.41, 5.74) is 9.40. The molecule has 4 N–H and O–H groups in total. The number of primary amides is 1. The molecule has 0 bridgehead atoms. The van der Waals surface area contributed by atoms with Crippen molar-refractivity contribution in [1.29, 1.82) is 0 Å². The highest BCUT2D eigenvalue weighted by Gasteiger charge is 2.18. The number of amides is 3. The number of anilines is 1. The van der Waals surface area contributed by atoms with E-state index >= 15 is 0 Å². The van der Waals surface area contributed by atoms with E-state index < -0.39 is 11.9 Å². The minimum Gasteiger partial charge on any atom is -0.481 e. The highest BCUT2D eigenvalue weighted by atomic mass is 32.2. The first kappa shape index (κ1) is 25.8. The van der Waals surface area contributed by atoms with E-state index in [1.54, 1.807) is 38.4 Å².